The molecule has 2 aromatic rings. The molecular weight excluding hydrogens is 354 g/mol. The van der Waals surface area contributed by atoms with Crippen LogP contribution in [0.2, 0.25) is 0 Å². The van der Waals surface area contributed by atoms with Crippen LogP contribution in [0.1, 0.15) is 36.7 Å². The van der Waals surface area contributed by atoms with Crippen molar-refractivity contribution in [1.29, 1.82) is 0 Å². The fourth-order valence-electron chi connectivity index (χ4n) is 2.13. The minimum Gasteiger partial charge on any atom is -0.492 e. The van der Waals surface area contributed by atoms with Gasteiger partial charge in [-0.3, -0.25) is 4.79 Å². The highest BCUT2D eigenvalue weighted by atomic mass is 79.9. The molecule has 3 nitrogen and oxygen atoms in total. The number of benzene rings is 2. The summed E-state index contributed by atoms with van der Waals surface area (Å²) in [5.74, 6) is 0.720. The second kappa shape index (κ2) is 7.64. The van der Waals surface area contributed by atoms with E-state index in [0.717, 1.165) is 10.2 Å². The van der Waals surface area contributed by atoms with Crippen LogP contribution in [0, 0.1) is 0 Å². The molecule has 0 aliphatic heterocycles. The maximum absolute atomic E-state index is 12.1. The lowest BCUT2D eigenvalue weighted by Crippen LogP contribution is -2.28. The highest BCUT2D eigenvalue weighted by Crippen LogP contribution is 2.25. The summed E-state index contributed by atoms with van der Waals surface area (Å²) in [6.07, 6.45) is 0. The first-order chi connectivity index (χ1) is 10.9. The Kier molecular flexibility index (Phi) is 5.83. The van der Waals surface area contributed by atoms with E-state index in [1.54, 1.807) is 6.07 Å². The Morgan fingerprint density at radius 2 is 1.87 bits per heavy atom. The Bertz CT molecular complexity index is 677. The summed E-state index contributed by atoms with van der Waals surface area (Å²) in [6, 6.07) is 15.4. The van der Waals surface area contributed by atoms with Gasteiger partial charge in [-0.15, -0.1) is 0 Å². The minimum absolute atomic E-state index is 0.0904. The zero-order chi connectivity index (χ0) is 16.9. The Labute approximate surface area is 146 Å². The Balaban J connectivity index is 1.84. The molecule has 1 amide bonds. The van der Waals surface area contributed by atoms with Gasteiger partial charge in [0.1, 0.15) is 12.4 Å². The fourth-order valence-corrected chi connectivity index (χ4v) is 2.59. The first-order valence-corrected chi connectivity index (χ1v) is 8.43. The maximum Gasteiger partial charge on any atom is 0.252 e. The number of carbonyl (C=O) groups is 1. The monoisotopic (exact) mass is 375 g/mol. The topological polar surface area (TPSA) is 38.3 Å². The van der Waals surface area contributed by atoms with E-state index in [1.165, 1.54) is 5.56 Å². The first-order valence-electron chi connectivity index (χ1n) is 7.64. The third-order valence-electron chi connectivity index (χ3n) is 3.47. The van der Waals surface area contributed by atoms with E-state index in [0.29, 0.717) is 18.7 Å². The van der Waals surface area contributed by atoms with Crippen LogP contribution in [0.15, 0.2) is 53.0 Å². The molecule has 2 rings (SSSR count). The van der Waals surface area contributed by atoms with Crippen LogP contribution in [0.5, 0.6) is 5.75 Å². The molecule has 4 heteroatoms. The van der Waals surface area contributed by atoms with E-state index in [-0.39, 0.29) is 11.3 Å². The minimum atomic E-state index is -0.107. The van der Waals surface area contributed by atoms with Gasteiger partial charge >= 0.3 is 0 Å². The zero-order valence-electron chi connectivity index (χ0n) is 13.7. The Morgan fingerprint density at radius 1 is 1.13 bits per heavy atom. The summed E-state index contributed by atoms with van der Waals surface area (Å²) < 4.78 is 6.52. The molecule has 0 unspecified atom stereocenters. The molecule has 23 heavy (non-hydrogen) atoms. The van der Waals surface area contributed by atoms with Crippen molar-refractivity contribution in [3.05, 3.63) is 64.1 Å². The van der Waals surface area contributed by atoms with Crippen LogP contribution in [-0.4, -0.2) is 19.1 Å². The molecule has 122 valence electrons. The van der Waals surface area contributed by atoms with Gasteiger partial charge < -0.3 is 10.1 Å². The van der Waals surface area contributed by atoms with Gasteiger partial charge in [-0.05, 0) is 51.2 Å². The number of rotatable bonds is 5. The highest BCUT2D eigenvalue weighted by Gasteiger charge is 2.14. The van der Waals surface area contributed by atoms with Crippen LogP contribution < -0.4 is 10.1 Å². The van der Waals surface area contributed by atoms with Crippen LogP contribution in [-0.2, 0) is 5.41 Å². The summed E-state index contributed by atoms with van der Waals surface area (Å²) in [5.41, 5.74) is 1.95. The summed E-state index contributed by atoms with van der Waals surface area (Å²) in [5, 5.41) is 2.86. The number of amides is 1. The van der Waals surface area contributed by atoms with Crippen molar-refractivity contribution in [2.75, 3.05) is 13.2 Å². The van der Waals surface area contributed by atoms with Crippen molar-refractivity contribution in [1.82, 2.24) is 5.32 Å². The highest BCUT2D eigenvalue weighted by molar-refractivity contribution is 9.10. The molecule has 0 saturated carbocycles. The Morgan fingerprint density at radius 3 is 2.57 bits per heavy atom. The van der Waals surface area contributed by atoms with Crippen molar-refractivity contribution < 1.29 is 9.53 Å². The zero-order valence-corrected chi connectivity index (χ0v) is 15.3. The Hall–Kier alpha value is -1.81. The van der Waals surface area contributed by atoms with Crippen LogP contribution in [0.4, 0.5) is 0 Å². The summed E-state index contributed by atoms with van der Waals surface area (Å²) in [7, 11) is 0. The predicted molar refractivity (Wildman–Crippen MR) is 97.1 cm³/mol. The SMILES string of the molecule is CC(C)(C)c1cccc(OCCNC(=O)c2ccccc2Br)c1. The number of nitrogens with one attached hydrogen (secondary N) is 1. The third kappa shape index (κ3) is 5.10. The number of ether oxygens (including phenoxy) is 1. The summed E-state index contributed by atoms with van der Waals surface area (Å²) >= 11 is 3.38. The van der Waals surface area contributed by atoms with E-state index in [2.05, 4.69) is 54.2 Å². The van der Waals surface area contributed by atoms with Gasteiger partial charge in [-0.1, -0.05) is 45.0 Å². The number of hydrogen-bond acceptors (Lipinski definition) is 2. The molecule has 0 fully saturated rings. The smallest absolute Gasteiger partial charge is 0.252 e. The maximum atomic E-state index is 12.1. The van der Waals surface area contributed by atoms with Gasteiger partial charge in [0.15, 0.2) is 0 Å². The molecule has 0 aromatic heterocycles. The second-order valence-corrected chi connectivity index (χ2v) is 7.22. The fraction of sp³-hybridized carbons (Fsp3) is 0.316. The molecular formula is C19H22BrNO2. The second-order valence-electron chi connectivity index (χ2n) is 6.36. The number of carbonyl (C=O) groups excluding carboxylic acids is 1. The summed E-state index contributed by atoms with van der Waals surface area (Å²) in [4.78, 5) is 12.1. The van der Waals surface area contributed by atoms with Gasteiger partial charge in [-0.25, -0.2) is 0 Å². The number of halogens is 1. The molecule has 0 aliphatic rings. The molecule has 0 atom stereocenters. The van der Waals surface area contributed by atoms with Crippen LogP contribution in [0.3, 0.4) is 0 Å². The average Bonchev–Trinajstić information content (AvgIpc) is 2.51. The van der Waals surface area contributed by atoms with Gasteiger partial charge in [0.25, 0.3) is 5.91 Å². The number of hydrogen-bond donors (Lipinski definition) is 1. The van der Waals surface area contributed by atoms with E-state index in [4.69, 9.17) is 4.74 Å². The predicted octanol–water partition coefficient (Wildman–Crippen LogP) is 4.56. The van der Waals surface area contributed by atoms with Gasteiger partial charge in [-0.2, -0.15) is 0 Å². The van der Waals surface area contributed by atoms with Gasteiger partial charge in [0.05, 0.1) is 12.1 Å². The third-order valence-corrected chi connectivity index (χ3v) is 4.17. The average molecular weight is 376 g/mol. The first kappa shape index (κ1) is 17.5. The van der Waals surface area contributed by atoms with E-state index in [9.17, 15) is 4.79 Å². The lowest BCUT2D eigenvalue weighted by molar-refractivity contribution is 0.0946. The lowest BCUT2D eigenvalue weighted by Gasteiger charge is -2.19. The van der Waals surface area contributed by atoms with Crippen molar-refractivity contribution in [2.45, 2.75) is 26.2 Å². The van der Waals surface area contributed by atoms with E-state index < -0.39 is 0 Å². The largest absolute Gasteiger partial charge is 0.492 e. The van der Waals surface area contributed by atoms with Gasteiger partial charge in [0.2, 0.25) is 0 Å². The van der Waals surface area contributed by atoms with Crippen molar-refractivity contribution >= 4 is 21.8 Å². The van der Waals surface area contributed by atoms with E-state index in [1.807, 2.05) is 30.3 Å². The van der Waals surface area contributed by atoms with Crippen LogP contribution in [0.25, 0.3) is 0 Å². The molecule has 2 aromatic carbocycles. The molecule has 0 spiro atoms. The van der Waals surface area contributed by atoms with Crippen molar-refractivity contribution in [2.24, 2.45) is 0 Å². The molecule has 1 N–H and O–H groups in total. The molecule has 0 bridgehead atoms. The summed E-state index contributed by atoms with van der Waals surface area (Å²) in [6.45, 7) is 7.40. The molecule has 0 saturated heterocycles. The van der Waals surface area contributed by atoms with Crippen molar-refractivity contribution in [3.63, 3.8) is 0 Å². The normalized spacial score (nSPS) is 11.1. The molecule has 0 aliphatic carbocycles. The van der Waals surface area contributed by atoms with E-state index >= 15 is 0 Å². The van der Waals surface area contributed by atoms with Gasteiger partial charge in [0, 0.05) is 4.47 Å². The molecule has 0 heterocycles. The standard InChI is InChI=1S/C19H22BrNO2/c1-19(2,3)14-7-6-8-15(13-14)23-12-11-21-18(22)16-9-4-5-10-17(16)20/h4-10,13H,11-12H2,1-3H3,(H,21,22). The lowest BCUT2D eigenvalue weighted by atomic mass is 9.87. The van der Waals surface area contributed by atoms with Crippen molar-refractivity contribution in [3.8, 4) is 5.75 Å². The quantitative estimate of drug-likeness (QED) is 0.778. The molecule has 0 radical (unpaired) electrons. The van der Waals surface area contributed by atoms with Crippen LogP contribution >= 0.6 is 15.9 Å².